The Morgan fingerprint density at radius 3 is 2.52 bits per heavy atom. The van der Waals surface area contributed by atoms with E-state index in [-0.39, 0.29) is 11.3 Å². The predicted octanol–water partition coefficient (Wildman–Crippen LogP) is 7.50. The van der Waals surface area contributed by atoms with Gasteiger partial charge in [-0.15, -0.1) is 0 Å². The van der Waals surface area contributed by atoms with Crippen LogP contribution in [0, 0.1) is 63.6 Å². The first-order valence-corrected chi connectivity index (χ1v) is 20.8. The summed E-state index contributed by atoms with van der Waals surface area (Å²) in [6.45, 7) is 13.5. The smallest absolute Gasteiger partial charge is 0.306 e. The molecular weight excluding hydrogens is 589 g/mol. The number of hydrogen-bond donors (Lipinski definition) is 3. The average molecular weight is 651 g/mol. The Hall–Kier alpha value is -0.820. The Morgan fingerprint density at radius 2 is 1.78 bits per heavy atom. The molecule has 5 nitrogen and oxygen atoms in total. The van der Waals surface area contributed by atoms with Gasteiger partial charge in [0, 0.05) is 37.0 Å². The molecule has 1 saturated heterocycles. The van der Waals surface area contributed by atoms with Crippen molar-refractivity contribution in [3.63, 3.8) is 0 Å². The standard InChI is InChI=1S/C40H62N2O3S/c1-37(2)30(25-7-9-26(10-8-25)36(43)44)13-17-39(4)34(37)15-18-38(3)31-14-19-40(16-5-6-32(40)28(31)11-12-35(38)39)42-21-20-41-23-33-29-22-27(29)24-46(33)45/h7,13,26-29,31-35,41-42H,5-6,8-12,14-24H2,1-4H3,(H,43,44)/t26-,27?,28?,29?,31?,32-,33?,34?,35?,38?,39?,40?,46?/m1/s1. The van der Waals surface area contributed by atoms with Gasteiger partial charge in [-0.3, -0.25) is 4.79 Å². The van der Waals surface area contributed by atoms with Crippen LogP contribution in [-0.2, 0) is 16.0 Å². The maximum Gasteiger partial charge on any atom is 0.306 e. The van der Waals surface area contributed by atoms with Gasteiger partial charge in [-0.05, 0) is 152 Å². The molecule has 0 spiro atoms. The van der Waals surface area contributed by atoms with Gasteiger partial charge in [-0.25, -0.2) is 0 Å². The topological polar surface area (TPSA) is 84.4 Å². The van der Waals surface area contributed by atoms with Gasteiger partial charge in [0.2, 0.25) is 0 Å². The van der Waals surface area contributed by atoms with E-state index in [9.17, 15) is 14.5 Å². The zero-order valence-electron chi connectivity index (χ0n) is 29.3. The van der Waals surface area contributed by atoms with E-state index < -0.39 is 17.1 Å². The van der Waals surface area contributed by atoms with Gasteiger partial charge in [-0.2, -0.15) is 0 Å². The summed E-state index contributed by atoms with van der Waals surface area (Å²) in [5.74, 6) is 5.75. The number of fused-ring (bicyclic) bond motifs is 8. The first-order chi connectivity index (χ1) is 22.0. The van der Waals surface area contributed by atoms with Crippen LogP contribution < -0.4 is 10.6 Å². The molecule has 13 atom stereocenters. The lowest BCUT2D eigenvalue weighted by molar-refractivity contribution is -0.175. The van der Waals surface area contributed by atoms with Crippen LogP contribution >= 0.6 is 0 Å². The summed E-state index contributed by atoms with van der Waals surface area (Å²) >= 11 is -0.591. The minimum absolute atomic E-state index is 0.144. The van der Waals surface area contributed by atoms with Crippen LogP contribution in [-0.4, -0.2) is 51.8 Å². The molecule has 8 rings (SSSR count). The van der Waals surface area contributed by atoms with Crippen LogP contribution in [0.2, 0.25) is 0 Å². The molecule has 0 aromatic rings. The lowest BCUT2D eigenvalue weighted by atomic mass is 9.37. The Bertz CT molecular complexity index is 1280. The molecule has 0 bridgehead atoms. The van der Waals surface area contributed by atoms with Crippen molar-refractivity contribution in [3.8, 4) is 0 Å². The van der Waals surface area contributed by atoms with Crippen molar-refractivity contribution in [1.82, 2.24) is 10.6 Å². The van der Waals surface area contributed by atoms with Gasteiger partial charge >= 0.3 is 5.97 Å². The minimum Gasteiger partial charge on any atom is -0.616 e. The van der Waals surface area contributed by atoms with Gasteiger partial charge in [0.1, 0.15) is 11.0 Å². The first-order valence-electron chi connectivity index (χ1n) is 19.4. The third-order valence-electron chi connectivity index (χ3n) is 16.5. The molecule has 11 unspecified atom stereocenters. The molecule has 256 valence electrons. The Kier molecular flexibility index (Phi) is 8.18. The van der Waals surface area contributed by atoms with Crippen molar-refractivity contribution < 1.29 is 14.5 Å². The fraction of sp³-hybridized carbons (Fsp3) is 0.875. The van der Waals surface area contributed by atoms with E-state index in [1.807, 2.05) is 0 Å². The van der Waals surface area contributed by atoms with Crippen molar-refractivity contribution in [2.75, 3.05) is 25.4 Å². The maximum absolute atomic E-state index is 12.4. The van der Waals surface area contributed by atoms with E-state index in [1.54, 1.807) is 5.57 Å². The van der Waals surface area contributed by atoms with E-state index in [0.717, 1.165) is 73.7 Å². The summed E-state index contributed by atoms with van der Waals surface area (Å²) in [5, 5.41) is 17.9. The lowest BCUT2D eigenvalue weighted by Gasteiger charge is -2.68. The molecule has 1 heterocycles. The molecule has 5 saturated carbocycles. The van der Waals surface area contributed by atoms with Crippen LogP contribution in [0.1, 0.15) is 118 Å². The Labute approximate surface area is 282 Å². The molecule has 0 aromatic heterocycles. The Morgan fingerprint density at radius 1 is 0.935 bits per heavy atom. The lowest BCUT2D eigenvalue weighted by Crippen LogP contribution is -2.63. The molecule has 8 aliphatic rings. The molecule has 0 radical (unpaired) electrons. The van der Waals surface area contributed by atoms with Gasteiger partial charge in [-0.1, -0.05) is 46.3 Å². The summed E-state index contributed by atoms with van der Waals surface area (Å²) < 4.78 is 12.4. The largest absolute Gasteiger partial charge is 0.616 e. The van der Waals surface area contributed by atoms with Crippen molar-refractivity contribution in [1.29, 1.82) is 0 Å². The highest BCUT2D eigenvalue weighted by Crippen LogP contribution is 2.72. The van der Waals surface area contributed by atoms with Crippen LogP contribution in [0.5, 0.6) is 0 Å². The number of rotatable bonds is 8. The summed E-state index contributed by atoms with van der Waals surface area (Å²) in [5.41, 5.74) is 4.30. The molecule has 0 aromatic carbocycles. The molecule has 1 aliphatic heterocycles. The van der Waals surface area contributed by atoms with Crippen LogP contribution in [0.25, 0.3) is 0 Å². The van der Waals surface area contributed by atoms with Crippen molar-refractivity contribution in [2.45, 2.75) is 128 Å². The molecule has 0 amide bonds. The number of carboxylic acids is 1. The van der Waals surface area contributed by atoms with Gasteiger partial charge in [0.25, 0.3) is 0 Å². The normalized spacial score (nSPS) is 50.3. The molecule has 6 heteroatoms. The molecule has 6 fully saturated rings. The fourth-order valence-corrected chi connectivity index (χ4v) is 16.4. The van der Waals surface area contributed by atoms with Crippen LogP contribution in [0.4, 0.5) is 0 Å². The number of hydrogen-bond acceptors (Lipinski definition) is 4. The van der Waals surface area contributed by atoms with Crippen LogP contribution in [0.15, 0.2) is 23.3 Å². The van der Waals surface area contributed by atoms with Gasteiger partial charge in [0.05, 0.1) is 5.92 Å². The van der Waals surface area contributed by atoms with E-state index in [1.165, 1.54) is 76.2 Å². The quantitative estimate of drug-likeness (QED) is 0.187. The summed E-state index contributed by atoms with van der Waals surface area (Å²) in [4.78, 5) is 11.6. The maximum atomic E-state index is 12.4. The number of allylic oxidation sites excluding steroid dienone is 4. The number of carbonyl (C=O) groups is 1. The van der Waals surface area contributed by atoms with Gasteiger partial charge in [0.15, 0.2) is 0 Å². The highest BCUT2D eigenvalue weighted by Gasteiger charge is 2.65. The van der Waals surface area contributed by atoms with Crippen molar-refractivity contribution in [2.24, 2.45) is 63.6 Å². The number of nitrogens with one attached hydrogen (secondary N) is 2. The van der Waals surface area contributed by atoms with E-state index in [2.05, 4.69) is 50.5 Å². The third kappa shape index (κ3) is 4.98. The van der Waals surface area contributed by atoms with E-state index in [4.69, 9.17) is 0 Å². The monoisotopic (exact) mass is 650 g/mol. The molecular formula is C40H62N2O3S. The number of carboxylic acid groups (broad SMARTS) is 1. The van der Waals surface area contributed by atoms with Crippen molar-refractivity contribution in [3.05, 3.63) is 23.3 Å². The zero-order valence-corrected chi connectivity index (χ0v) is 30.1. The molecule has 3 N–H and O–H groups in total. The van der Waals surface area contributed by atoms with Crippen molar-refractivity contribution >= 4 is 17.1 Å². The number of aliphatic carboxylic acids is 1. The zero-order chi connectivity index (χ0) is 32.1. The second-order valence-electron chi connectivity index (χ2n) is 18.7. The van der Waals surface area contributed by atoms with E-state index in [0.29, 0.717) is 34.0 Å². The summed E-state index contributed by atoms with van der Waals surface area (Å²) in [6, 6.07) is 0. The fourth-order valence-electron chi connectivity index (χ4n) is 14.3. The second kappa shape index (κ2) is 11.6. The minimum atomic E-state index is -0.627. The predicted molar refractivity (Wildman–Crippen MR) is 187 cm³/mol. The second-order valence-corrected chi connectivity index (χ2v) is 20.4. The molecule has 46 heavy (non-hydrogen) atoms. The Balaban J connectivity index is 0.941. The summed E-state index contributed by atoms with van der Waals surface area (Å²) in [6.07, 6.45) is 22.4. The molecule has 7 aliphatic carbocycles. The highest BCUT2D eigenvalue weighted by atomic mass is 32.2. The van der Waals surface area contributed by atoms with E-state index >= 15 is 0 Å². The third-order valence-corrected chi connectivity index (χ3v) is 18.4. The van der Waals surface area contributed by atoms with Crippen LogP contribution in [0.3, 0.4) is 0 Å². The summed E-state index contributed by atoms with van der Waals surface area (Å²) in [7, 11) is 0. The average Bonchev–Trinajstić information content (AvgIpc) is 3.50. The highest BCUT2D eigenvalue weighted by molar-refractivity contribution is 7.92. The van der Waals surface area contributed by atoms with Gasteiger partial charge < -0.3 is 20.3 Å². The SMILES string of the molecule is CC1(C)C(C2=CC[C@@H](C(=O)O)CC2)=CCC2(C)C1CCC1(C)C3CCC4(NCCNCC5C6CC6C[S+]5[O-])CCC[C@@H]4C3CCC12. The first kappa shape index (κ1) is 32.4.